The molecule has 0 saturated carbocycles. The highest BCUT2D eigenvalue weighted by Crippen LogP contribution is 2.27. The van der Waals surface area contributed by atoms with Crippen molar-refractivity contribution in [1.82, 2.24) is 15.8 Å². The van der Waals surface area contributed by atoms with Crippen LogP contribution in [0.15, 0.2) is 54.6 Å². The Morgan fingerprint density at radius 2 is 1.59 bits per heavy atom. The van der Waals surface area contributed by atoms with Gasteiger partial charge in [-0.1, -0.05) is 42.5 Å². The maximum Gasteiger partial charge on any atom is 0.281 e. The van der Waals surface area contributed by atoms with Gasteiger partial charge in [-0.05, 0) is 24.6 Å². The van der Waals surface area contributed by atoms with E-state index in [9.17, 15) is 18.0 Å². The van der Waals surface area contributed by atoms with E-state index in [1.165, 1.54) is 23.5 Å². The number of carbonyl (C=O) groups excluding carboxylic acids is 2. The first-order valence-electron chi connectivity index (χ1n) is 8.63. The lowest BCUT2D eigenvalue weighted by molar-refractivity contribution is 0.0848. The number of hydrogen-bond donors (Lipinski definition) is 2. The van der Waals surface area contributed by atoms with E-state index in [0.29, 0.717) is 21.7 Å². The highest BCUT2D eigenvalue weighted by molar-refractivity contribution is 7.89. The fourth-order valence-corrected chi connectivity index (χ4v) is 4.37. The van der Waals surface area contributed by atoms with Crippen LogP contribution in [-0.2, 0) is 15.6 Å². The molecule has 0 aliphatic heterocycles. The monoisotopic (exact) mass is 429 g/mol. The summed E-state index contributed by atoms with van der Waals surface area (Å²) in [5, 5.41) is 0.723. The van der Waals surface area contributed by atoms with Gasteiger partial charge in [-0.25, -0.2) is 13.4 Å². The van der Waals surface area contributed by atoms with Crippen LogP contribution in [0.25, 0.3) is 10.6 Å². The molecule has 3 rings (SSSR count). The van der Waals surface area contributed by atoms with Crippen molar-refractivity contribution in [3.63, 3.8) is 0 Å². The molecule has 150 valence electrons. The maximum absolute atomic E-state index is 12.4. The van der Waals surface area contributed by atoms with E-state index in [-0.39, 0.29) is 5.75 Å². The number of nitrogens with zero attached hydrogens (tertiary/aromatic N) is 1. The first-order chi connectivity index (χ1) is 13.7. The predicted molar refractivity (Wildman–Crippen MR) is 112 cm³/mol. The summed E-state index contributed by atoms with van der Waals surface area (Å²) in [7, 11) is -3.15. The summed E-state index contributed by atoms with van der Waals surface area (Å²) in [6.45, 7) is 1.74. The molecular formula is C20H19N3O4S2. The topological polar surface area (TPSA) is 105 Å². The zero-order valence-electron chi connectivity index (χ0n) is 15.8. The standard InChI is InChI=1S/C20H19N3O4S2/c1-13-17(28-20(21-13)16-6-4-3-5-7-16)19(25)23-22-18(24)15-10-8-14(9-11-15)12-29(2,26)27/h3-11H,12H2,1-2H3,(H,22,24)(H,23,25). The zero-order valence-corrected chi connectivity index (χ0v) is 17.4. The third kappa shape index (κ3) is 5.49. The van der Waals surface area contributed by atoms with Crippen molar-refractivity contribution in [3.8, 4) is 10.6 Å². The molecule has 3 aromatic rings. The second-order valence-electron chi connectivity index (χ2n) is 6.47. The van der Waals surface area contributed by atoms with Crippen molar-refractivity contribution < 1.29 is 18.0 Å². The van der Waals surface area contributed by atoms with Crippen molar-refractivity contribution in [2.24, 2.45) is 0 Å². The Balaban J connectivity index is 1.63. The molecule has 2 aromatic carbocycles. The smallest absolute Gasteiger partial charge is 0.267 e. The number of amides is 2. The van der Waals surface area contributed by atoms with E-state index in [1.54, 1.807) is 19.1 Å². The number of hydrogen-bond acceptors (Lipinski definition) is 6. The van der Waals surface area contributed by atoms with Crippen molar-refractivity contribution in [3.05, 3.63) is 76.3 Å². The van der Waals surface area contributed by atoms with E-state index in [4.69, 9.17) is 0 Å². The van der Waals surface area contributed by atoms with Crippen molar-refractivity contribution >= 4 is 33.0 Å². The van der Waals surface area contributed by atoms with Crippen LogP contribution in [0.5, 0.6) is 0 Å². The van der Waals surface area contributed by atoms with Gasteiger partial charge >= 0.3 is 0 Å². The number of carbonyl (C=O) groups is 2. The molecule has 0 atom stereocenters. The SMILES string of the molecule is Cc1nc(-c2ccccc2)sc1C(=O)NNC(=O)c1ccc(CS(C)(=O)=O)cc1. The Morgan fingerprint density at radius 1 is 0.966 bits per heavy atom. The number of benzene rings is 2. The summed E-state index contributed by atoms with van der Waals surface area (Å²) < 4.78 is 22.6. The zero-order chi connectivity index (χ0) is 21.0. The van der Waals surface area contributed by atoms with Gasteiger partial charge in [-0.15, -0.1) is 11.3 Å². The molecule has 1 heterocycles. The van der Waals surface area contributed by atoms with Crippen molar-refractivity contribution in [2.75, 3.05) is 6.26 Å². The van der Waals surface area contributed by atoms with E-state index in [1.807, 2.05) is 30.3 Å². The van der Waals surface area contributed by atoms with Gasteiger partial charge in [0.05, 0.1) is 11.4 Å². The van der Waals surface area contributed by atoms with Crippen LogP contribution in [0, 0.1) is 6.92 Å². The summed E-state index contributed by atoms with van der Waals surface area (Å²) in [6.07, 6.45) is 1.15. The highest BCUT2D eigenvalue weighted by Gasteiger charge is 2.17. The summed E-state index contributed by atoms with van der Waals surface area (Å²) in [6, 6.07) is 15.7. The van der Waals surface area contributed by atoms with Crippen LogP contribution in [0.2, 0.25) is 0 Å². The fourth-order valence-electron chi connectivity index (χ4n) is 2.61. The average molecular weight is 430 g/mol. The normalized spacial score (nSPS) is 11.1. The molecule has 9 heteroatoms. The molecule has 2 N–H and O–H groups in total. The number of hydrazine groups is 1. The lowest BCUT2D eigenvalue weighted by Gasteiger charge is -2.07. The summed E-state index contributed by atoms with van der Waals surface area (Å²) in [5.41, 5.74) is 7.13. The molecule has 1 aromatic heterocycles. The van der Waals surface area contributed by atoms with Gasteiger partial charge in [0.15, 0.2) is 9.84 Å². The largest absolute Gasteiger partial charge is 0.281 e. The van der Waals surface area contributed by atoms with Crippen molar-refractivity contribution in [2.45, 2.75) is 12.7 Å². The first-order valence-corrected chi connectivity index (χ1v) is 11.5. The van der Waals surface area contributed by atoms with E-state index in [2.05, 4.69) is 15.8 Å². The molecule has 0 saturated heterocycles. The third-order valence-electron chi connectivity index (χ3n) is 3.96. The molecular weight excluding hydrogens is 410 g/mol. The Kier molecular flexibility index (Phi) is 6.09. The van der Waals surface area contributed by atoms with Gasteiger partial charge in [0.2, 0.25) is 0 Å². The van der Waals surface area contributed by atoms with Crippen LogP contribution in [0.4, 0.5) is 0 Å². The summed E-state index contributed by atoms with van der Waals surface area (Å²) >= 11 is 1.24. The number of sulfone groups is 1. The molecule has 7 nitrogen and oxygen atoms in total. The van der Waals surface area contributed by atoms with Gasteiger partial charge in [-0.3, -0.25) is 20.4 Å². The lowest BCUT2D eigenvalue weighted by Crippen LogP contribution is -2.41. The Bertz CT molecular complexity index is 1140. The van der Waals surface area contributed by atoms with Crippen LogP contribution >= 0.6 is 11.3 Å². The second-order valence-corrected chi connectivity index (χ2v) is 9.61. The van der Waals surface area contributed by atoms with Gasteiger partial charge in [0.1, 0.15) is 9.88 Å². The molecule has 0 radical (unpaired) electrons. The molecule has 0 aliphatic rings. The number of nitrogens with one attached hydrogen (secondary N) is 2. The van der Waals surface area contributed by atoms with Crippen LogP contribution < -0.4 is 10.9 Å². The highest BCUT2D eigenvalue weighted by atomic mass is 32.2. The van der Waals surface area contributed by atoms with Gasteiger partial charge in [-0.2, -0.15) is 0 Å². The molecule has 0 aliphatic carbocycles. The van der Waals surface area contributed by atoms with Crippen LogP contribution in [0.3, 0.4) is 0 Å². The minimum atomic E-state index is -3.15. The molecule has 0 spiro atoms. The van der Waals surface area contributed by atoms with Crippen LogP contribution in [0.1, 0.15) is 31.3 Å². The summed E-state index contributed by atoms with van der Waals surface area (Å²) in [4.78, 5) is 29.5. The maximum atomic E-state index is 12.4. The molecule has 0 unspecified atom stereocenters. The van der Waals surface area contributed by atoms with Gasteiger partial charge in [0.25, 0.3) is 11.8 Å². The molecule has 0 fully saturated rings. The van der Waals surface area contributed by atoms with Gasteiger partial charge in [0, 0.05) is 17.4 Å². The van der Waals surface area contributed by atoms with E-state index in [0.717, 1.165) is 16.8 Å². The average Bonchev–Trinajstić information content (AvgIpc) is 3.08. The minimum absolute atomic E-state index is 0.0972. The summed E-state index contributed by atoms with van der Waals surface area (Å²) in [5.74, 6) is -1.06. The number of thiazole rings is 1. The minimum Gasteiger partial charge on any atom is -0.267 e. The fraction of sp³-hybridized carbons (Fsp3) is 0.150. The third-order valence-corrected chi connectivity index (χ3v) is 6.02. The molecule has 29 heavy (non-hydrogen) atoms. The number of aromatic nitrogens is 1. The number of rotatable bonds is 5. The Hall–Kier alpha value is -3.04. The number of aryl methyl sites for hydroxylation is 1. The Morgan fingerprint density at radius 3 is 2.21 bits per heavy atom. The van der Waals surface area contributed by atoms with E-state index < -0.39 is 21.7 Å². The first kappa shape index (κ1) is 20.7. The van der Waals surface area contributed by atoms with E-state index >= 15 is 0 Å². The quantitative estimate of drug-likeness (QED) is 0.607. The Labute approximate surface area is 172 Å². The van der Waals surface area contributed by atoms with Crippen molar-refractivity contribution in [1.29, 1.82) is 0 Å². The second kappa shape index (κ2) is 8.54. The lowest BCUT2D eigenvalue weighted by atomic mass is 10.1. The predicted octanol–water partition coefficient (Wildman–Crippen LogP) is 2.74. The molecule has 0 bridgehead atoms. The molecule has 2 amide bonds. The van der Waals surface area contributed by atoms with Gasteiger partial charge < -0.3 is 0 Å². The van der Waals surface area contributed by atoms with Crippen LogP contribution in [-0.4, -0.2) is 31.5 Å².